The molecule has 7 nitrogen and oxygen atoms in total. The van der Waals surface area contributed by atoms with Crippen molar-refractivity contribution in [3.63, 3.8) is 0 Å². The van der Waals surface area contributed by atoms with Crippen LogP contribution >= 0.6 is 0 Å². The van der Waals surface area contributed by atoms with Gasteiger partial charge in [0, 0.05) is 6.54 Å². The summed E-state index contributed by atoms with van der Waals surface area (Å²) in [5.74, 6) is -0.496. The van der Waals surface area contributed by atoms with Gasteiger partial charge in [-0.05, 0) is 45.4 Å². The Morgan fingerprint density at radius 1 is 1.11 bits per heavy atom. The lowest BCUT2D eigenvalue weighted by Crippen LogP contribution is -2.54. The van der Waals surface area contributed by atoms with Gasteiger partial charge >= 0.3 is 12.1 Å². The Hall–Kier alpha value is -1.79. The first-order valence-electron chi connectivity index (χ1n) is 9.88. The first-order valence-corrected chi connectivity index (χ1v) is 9.88. The van der Waals surface area contributed by atoms with Crippen molar-refractivity contribution in [1.82, 2.24) is 10.2 Å². The fourth-order valence-corrected chi connectivity index (χ4v) is 3.28. The van der Waals surface area contributed by atoms with Gasteiger partial charge in [0.15, 0.2) is 0 Å². The maximum atomic E-state index is 13.2. The molecule has 0 aromatic rings. The van der Waals surface area contributed by atoms with E-state index in [9.17, 15) is 14.4 Å². The number of alkyl carbamates (subject to hydrolysis) is 1. The summed E-state index contributed by atoms with van der Waals surface area (Å²) in [6, 6.07) is -0.756. The fourth-order valence-electron chi connectivity index (χ4n) is 3.28. The van der Waals surface area contributed by atoms with Crippen LogP contribution in [0.2, 0.25) is 0 Å². The fraction of sp³-hybridized carbons (Fsp3) is 0.850. The number of methoxy groups -OCH3 is 1. The summed E-state index contributed by atoms with van der Waals surface area (Å²) < 4.78 is 10.1. The zero-order valence-corrected chi connectivity index (χ0v) is 17.7. The molecule has 0 saturated heterocycles. The number of hydrogen-bond donors (Lipinski definition) is 1. The van der Waals surface area contributed by atoms with Crippen LogP contribution in [0.4, 0.5) is 4.79 Å². The van der Waals surface area contributed by atoms with Crippen LogP contribution < -0.4 is 5.32 Å². The van der Waals surface area contributed by atoms with Crippen molar-refractivity contribution in [3.8, 4) is 0 Å². The second kappa shape index (κ2) is 10.5. The zero-order chi connectivity index (χ0) is 20.6. The van der Waals surface area contributed by atoms with E-state index in [-0.39, 0.29) is 18.4 Å². The van der Waals surface area contributed by atoms with Crippen molar-refractivity contribution in [3.05, 3.63) is 0 Å². The van der Waals surface area contributed by atoms with Crippen LogP contribution in [0.3, 0.4) is 0 Å². The molecule has 7 heteroatoms. The smallest absolute Gasteiger partial charge is 0.408 e. The number of hydrogen-bond acceptors (Lipinski definition) is 5. The van der Waals surface area contributed by atoms with Crippen molar-refractivity contribution >= 4 is 18.0 Å². The Morgan fingerprint density at radius 2 is 1.70 bits per heavy atom. The van der Waals surface area contributed by atoms with Crippen LogP contribution in [0.15, 0.2) is 0 Å². The minimum Gasteiger partial charge on any atom is -0.468 e. The third kappa shape index (κ3) is 8.63. The van der Waals surface area contributed by atoms with Gasteiger partial charge in [0.1, 0.15) is 18.2 Å². The summed E-state index contributed by atoms with van der Waals surface area (Å²) in [4.78, 5) is 38.7. The van der Waals surface area contributed by atoms with Gasteiger partial charge in [-0.25, -0.2) is 4.79 Å². The monoisotopic (exact) mass is 384 g/mol. The van der Waals surface area contributed by atoms with Crippen molar-refractivity contribution in [2.45, 2.75) is 78.4 Å². The number of esters is 1. The first-order chi connectivity index (χ1) is 12.5. The summed E-state index contributed by atoms with van der Waals surface area (Å²) in [7, 11) is 1.31. The highest BCUT2D eigenvalue weighted by Gasteiger charge is 2.32. The third-order valence-electron chi connectivity index (χ3n) is 4.67. The molecule has 0 aromatic carbocycles. The Labute approximate surface area is 163 Å². The number of ether oxygens (including phenoxy) is 2. The predicted molar refractivity (Wildman–Crippen MR) is 103 cm³/mol. The van der Waals surface area contributed by atoms with Crippen LogP contribution in [-0.2, 0) is 19.1 Å². The second-order valence-corrected chi connectivity index (χ2v) is 8.67. The number of carbonyl (C=O) groups is 3. The zero-order valence-electron chi connectivity index (χ0n) is 17.7. The molecule has 0 bridgehead atoms. The van der Waals surface area contributed by atoms with Crippen molar-refractivity contribution in [1.29, 1.82) is 0 Å². The SMILES string of the molecule is COC(=O)CN(CC1CCCCC1)C(=O)C(NC(=O)OC(C)(C)C)C(C)C. The summed E-state index contributed by atoms with van der Waals surface area (Å²) >= 11 is 0. The van der Waals surface area contributed by atoms with Gasteiger partial charge in [-0.3, -0.25) is 9.59 Å². The van der Waals surface area contributed by atoms with E-state index in [4.69, 9.17) is 9.47 Å². The lowest BCUT2D eigenvalue weighted by atomic mass is 9.88. The first kappa shape index (κ1) is 23.2. The molecule has 0 radical (unpaired) electrons. The van der Waals surface area contributed by atoms with Gasteiger partial charge in [0.25, 0.3) is 0 Å². The Morgan fingerprint density at radius 3 is 2.19 bits per heavy atom. The lowest BCUT2D eigenvalue weighted by molar-refractivity contribution is -0.148. The maximum absolute atomic E-state index is 13.2. The Balaban J connectivity index is 2.88. The van der Waals surface area contributed by atoms with Gasteiger partial charge in [-0.1, -0.05) is 33.1 Å². The van der Waals surface area contributed by atoms with Crippen molar-refractivity contribution in [2.75, 3.05) is 20.2 Å². The molecule has 1 saturated carbocycles. The summed E-state index contributed by atoms with van der Waals surface area (Å²) in [6.07, 6.45) is 4.98. The highest BCUT2D eigenvalue weighted by atomic mass is 16.6. The quantitative estimate of drug-likeness (QED) is 0.682. The van der Waals surface area contributed by atoms with E-state index in [0.717, 1.165) is 25.7 Å². The molecular formula is C20H36N2O5. The van der Waals surface area contributed by atoms with E-state index in [1.54, 1.807) is 20.8 Å². The molecule has 27 heavy (non-hydrogen) atoms. The van der Waals surface area contributed by atoms with Crippen LogP contribution in [0.1, 0.15) is 66.7 Å². The molecule has 0 aliphatic heterocycles. The van der Waals surface area contributed by atoms with E-state index >= 15 is 0 Å². The average Bonchev–Trinajstić information content (AvgIpc) is 2.57. The molecule has 1 aliphatic carbocycles. The number of amides is 2. The molecule has 1 aliphatic rings. The minimum atomic E-state index is -0.756. The molecule has 0 aromatic heterocycles. The summed E-state index contributed by atoms with van der Waals surface area (Å²) in [5.41, 5.74) is -0.650. The van der Waals surface area contributed by atoms with Gasteiger partial charge in [-0.2, -0.15) is 0 Å². The number of nitrogens with one attached hydrogen (secondary N) is 1. The highest BCUT2D eigenvalue weighted by Crippen LogP contribution is 2.25. The van der Waals surface area contributed by atoms with Crippen LogP contribution in [0.25, 0.3) is 0 Å². The molecule has 1 atom stereocenters. The van der Waals surface area contributed by atoms with Gasteiger partial charge in [0.05, 0.1) is 7.11 Å². The maximum Gasteiger partial charge on any atom is 0.408 e. The molecule has 2 amide bonds. The summed E-state index contributed by atoms with van der Waals surface area (Å²) in [5, 5.41) is 2.68. The second-order valence-electron chi connectivity index (χ2n) is 8.67. The largest absolute Gasteiger partial charge is 0.468 e. The van der Waals surface area contributed by atoms with E-state index in [0.29, 0.717) is 12.5 Å². The van der Waals surface area contributed by atoms with Crippen LogP contribution in [-0.4, -0.2) is 54.7 Å². The van der Waals surface area contributed by atoms with E-state index in [2.05, 4.69) is 5.32 Å². The molecular weight excluding hydrogens is 348 g/mol. The standard InChI is InChI=1S/C20H36N2O5/c1-14(2)17(21-19(25)27-20(3,4)5)18(24)22(13-16(23)26-6)12-15-10-8-7-9-11-15/h14-15,17H,7-13H2,1-6H3,(H,21,25). The Bertz CT molecular complexity index is 507. The predicted octanol–water partition coefficient (Wildman–Crippen LogP) is 3.12. The Kier molecular flexibility index (Phi) is 9.06. The van der Waals surface area contributed by atoms with Crippen molar-refractivity contribution < 1.29 is 23.9 Å². The molecule has 1 unspecified atom stereocenters. The van der Waals surface area contributed by atoms with Gasteiger partial charge < -0.3 is 19.7 Å². The van der Waals surface area contributed by atoms with Crippen LogP contribution in [0, 0.1) is 11.8 Å². The average molecular weight is 385 g/mol. The van der Waals surface area contributed by atoms with E-state index in [1.807, 2.05) is 13.8 Å². The number of rotatable bonds is 7. The molecule has 1 fully saturated rings. The topological polar surface area (TPSA) is 84.9 Å². The summed E-state index contributed by atoms with van der Waals surface area (Å²) in [6.45, 7) is 9.42. The molecule has 156 valence electrons. The van der Waals surface area contributed by atoms with Crippen molar-refractivity contribution in [2.24, 2.45) is 11.8 Å². The lowest BCUT2D eigenvalue weighted by Gasteiger charge is -2.33. The minimum absolute atomic E-state index is 0.106. The number of carbonyl (C=O) groups excluding carboxylic acids is 3. The van der Waals surface area contributed by atoms with Gasteiger partial charge in [-0.15, -0.1) is 0 Å². The molecule has 0 spiro atoms. The normalized spacial score (nSPS) is 16.6. The van der Waals surface area contributed by atoms with E-state index < -0.39 is 23.7 Å². The third-order valence-corrected chi connectivity index (χ3v) is 4.67. The van der Waals surface area contributed by atoms with Crippen LogP contribution in [0.5, 0.6) is 0 Å². The molecule has 1 N–H and O–H groups in total. The number of nitrogens with zero attached hydrogens (tertiary/aromatic N) is 1. The molecule has 0 heterocycles. The van der Waals surface area contributed by atoms with E-state index in [1.165, 1.54) is 18.4 Å². The highest BCUT2D eigenvalue weighted by molar-refractivity contribution is 5.88. The molecule has 1 rings (SSSR count). The van der Waals surface area contributed by atoms with Gasteiger partial charge in [0.2, 0.25) is 5.91 Å².